The van der Waals surface area contributed by atoms with Crippen LogP contribution in [0.1, 0.15) is 34.2 Å². The Morgan fingerprint density at radius 2 is 1.10 bits per heavy atom. The van der Waals surface area contributed by atoms with Crippen LogP contribution in [0.2, 0.25) is 0 Å². The second-order valence-corrected chi connectivity index (χ2v) is 11.9. The number of nitrogens with one attached hydrogen (secondary N) is 4. The number of aromatic hydroxyl groups is 2. The minimum atomic E-state index is -1.59. The smallest absolute Gasteiger partial charge is 0.305 e. The summed E-state index contributed by atoms with van der Waals surface area (Å²) < 4.78 is 0. The fraction of sp³-hybridized carbons (Fsp3) is 0.314. The third kappa shape index (κ3) is 11.6. The molecule has 3 aromatic rings. The van der Waals surface area contributed by atoms with Crippen molar-refractivity contribution in [3.63, 3.8) is 0 Å². The first-order valence-corrected chi connectivity index (χ1v) is 15.7. The van der Waals surface area contributed by atoms with Gasteiger partial charge in [0.25, 0.3) is 0 Å². The molecule has 0 heterocycles. The Kier molecular flexibility index (Phi) is 13.8. The minimum Gasteiger partial charge on any atom is -0.508 e. The van der Waals surface area contributed by atoms with E-state index < -0.39 is 72.6 Å². The van der Waals surface area contributed by atoms with Gasteiger partial charge in [-0.15, -0.1) is 0 Å². The highest BCUT2D eigenvalue weighted by Crippen LogP contribution is 2.24. The van der Waals surface area contributed by atoms with E-state index in [1.807, 2.05) is 0 Å². The predicted molar refractivity (Wildman–Crippen MR) is 181 cm³/mol. The first-order valence-electron chi connectivity index (χ1n) is 15.7. The van der Waals surface area contributed by atoms with E-state index in [0.29, 0.717) is 22.3 Å². The standard InChI is InChI=1S/C35H42N6O9/c1-19-12-23(13-20(2)31(19)46)16-27(41-35(50)28(17-30(44)45)38-29(43)18-36)34(49)40-26(15-22-8-10-24(42)11-9-22)33(48)39-25(32(37)47)14-21-6-4-3-5-7-21/h3-13,25-28,42,46H,14-18,36H2,1-2H3,(H2,37,47)(H,38,43)(H,39,48)(H,40,49)(H,41,50)(H,44,45). The van der Waals surface area contributed by atoms with Gasteiger partial charge >= 0.3 is 5.97 Å². The number of primary amides is 1. The van der Waals surface area contributed by atoms with Crippen LogP contribution in [0.5, 0.6) is 11.5 Å². The van der Waals surface area contributed by atoms with Crippen molar-refractivity contribution in [2.24, 2.45) is 11.5 Å². The van der Waals surface area contributed by atoms with Crippen LogP contribution >= 0.6 is 0 Å². The van der Waals surface area contributed by atoms with Gasteiger partial charge in [0.05, 0.1) is 13.0 Å². The lowest BCUT2D eigenvalue weighted by Crippen LogP contribution is -2.59. The first-order chi connectivity index (χ1) is 23.7. The number of aryl methyl sites for hydroxylation is 2. The minimum absolute atomic E-state index is 0.0321. The molecule has 50 heavy (non-hydrogen) atoms. The summed E-state index contributed by atoms with van der Waals surface area (Å²) in [6.45, 7) is 2.77. The molecular weight excluding hydrogens is 648 g/mol. The summed E-state index contributed by atoms with van der Waals surface area (Å²) in [6, 6.07) is 12.4. The fourth-order valence-electron chi connectivity index (χ4n) is 5.21. The number of hydrogen-bond donors (Lipinski definition) is 9. The normalized spacial score (nSPS) is 13.2. The third-order valence-corrected chi connectivity index (χ3v) is 7.79. The Hall–Kier alpha value is -5.96. The topological polar surface area (TPSA) is 263 Å². The Bertz CT molecular complexity index is 1680. The van der Waals surface area contributed by atoms with Crippen LogP contribution in [0.3, 0.4) is 0 Å². The van der Waals surface area contributed by atoms with Gasteiger partial charge in [-0.25, -0.2) is 0 Å². The number of hydrogen-bond acceptors (Lipinski definition) is 9. The van der Waals surface area contributed by atoms with E-state index >= 15 is 0 Å². The number of aliphatic carboxylic acids is 1. The van der Waals surface area contributed by atoms with Crippen molar-refractivity contribution in [3.05, 3.63) is 94.5 Å². The molecule has 0 aliphatic heterocycles. The lowest BCUT2D eigenvalue weighted by Gasteiger charge is -2.26. The molecule has 4 atom stereocenters. The second-order valence-electron chi connectivity index (χ2n) is 11.9. The Balaban J connectivity index is 1.97. The number of amides is 5. The average molecular weight is 691 g/mol. The quantitative estimate of drug-likeness (QED) is 0.0885. The number of benzene rings is 3. The maximum absolute atomic E-state index is 14.0. The molecule has 0 aliphatic carbocycles. The molecule has 0 aromatic heterocycles. The highest BCUT2D eigenvalue weighted by molar-refractivity contribution is 5.96. The number of carboxylic acids is 1. The lowest BCUT2D eigenvalue weighted by atomic mass is 9.98. The number of carbonyl (C=O) groups excluding carboxylic acids is 5. The molecule has 0 saturated heterocycles. The summed E-state index contributed by atoms with van der Waals surface area (Å²) in [6.07, 6.45) is -1.03. The fourth-order valence-corrected chi connectivity index (χ4v) is 5.21. The lowest BCUT2D eigenvalue weighted by molar-refractivity contribution is -0.141. The summed E-state index contributed by atoms with van der Waals surface area (Å²) in [5, 5.41) is 39.4. The molecule has 11 N–H and O–H groups in total. The van der Waals surface area contributed by atoms with Gasteiger partial charge in [0.2, 0.25) is 29.5 Å². The molecule has 266 valence electrons. The Morgan fingerprint density at radius 1 is 0.640 bits per heavy atom. The van der Waals surface area contributed by atoms with E-state index in [-0.39, 0.29) is 30.8 Å². The zero-order valence-electron chi connectivity index (χ0n) is 27.6. The highest BCUT2D eigenvalue weighted by atomic mass is 16.4. The first kappa shape index (κ1) is 38.5. The summed E-state index contributed by atoms with van der Waals surface area (Å²) in [4.78, 5) is 77.0. The van der Waals surface area contributed by atoms with Gasteiger partial charge in [0, 0.05) is 19.3 Å². The summed E-state index contributed by atoms with van der Waals surface area (Å²) >= 11 is 0. The van der Waals surface area contributed by atoms with Crippen LogP contribution in [0.4, 0.5) is 0 Å². The number of rotatable bonds is 17. The van der Waals surface area contributed by atoms with Crippen molar-refractivity contribution in [1.29, 1.82) is 0 Å². The molecule has 4 unspecified atom stereocenters. The largest absolute Gasteiger partial charge is 0.508 e. The molecule has 3 rings (SSSR count). The van der Waals surface area contributed by atoms with Gasteiger partial charge in [-0.2, -0.15) is 0 Å². The zero-order chi connectivity index (χ0) is 37.0. The van der Waals surface area contributed by atoms with E-state index in [1.165, 1.54) is 24.3 Å². The van der Waals surface area contributed by atoms with Crippen LogP contribution in [-0.4, -0.2) is 81.5 Å². The number of carboxylic acid groups (broad SMARTS) is 1. The number of nitrogens with two attached hydrogens (primary N) is 2. The maximum Gasteiger partial charge on any atom is 0.305 e. The van der Waals surface area contributed by atoms with E-state index in [1.54, 1.807) is 56.3 Å². The molecule has 0 bridgehead atoms. The molecule has 0 radical (unpaired) electrons. The van der Waals surface area contributed by atoms with Gasteiger partial charge in [0.1, 0.15) is 35.7 Å². The molecule has 0 saturated carbocycles. The van der Waals surface area contributed by atoms with Crippen LogP contribution in [0.25, 0.3) is 0 Å². The summed E-state index contributed by atoms with van der Waals surface area (Å²) in [7, 11) is 0. The number of carbonyl (C=O) groups is 6. The molecule has 15 nitrogen and oxygen atoms in total. The zero-order valence-corrected chi connectivity index (χ0v) is 27.6. The van der Waals surface area contributed by atoms with Crippen molar-refractivity contribution in [2.75, 3.05) is 6.54 Å². The summed E-state index contributed by atoms with van der Waals surface area (Å²) in [5.41, 5.74) is 13.7. The van der Waals surface area contributed by atoms with Crippen molar-refractivity contribution in [3.8, 4) is 11.5 Å². The van der Waals surface area contributed by atoms with E-state index in [9.17, 15) is 44.1 Å². The van der Waals surface area contributed by atoms with Crippen LogP contribution in [0, 0.1) is 13.8 Å². The van der Waals surface area contributed by atoms with Crippen molar-refractivity contribution in [2.45, 2.75) is 63.7 Å². The van der Waals surface area contributed by atoms with Gasteiger partial charge in [-0.05, 0) is 53.8 Å². The Morgan fingerprint density at radius 3 is 1.60 bits per heavy atom. The third-order valence-electron chi connectivity index (χ3n) is 7.79. The van der Waals surface area contributed by atoms with Crippen molar-refractivity contribution in [1.82, 2.24) is 21.3 Å². The molecule has 3 aromatic carbocycles. The molecule has 0 spiro atoms. The van der Waals surface area contributed by atoms with Gasteiger partial charge in [-0.3, -0.25) is 28.8 Å². The summed E-state index contributed by atoms with van der Waals surface area (Å²) in [5.74, 6) is -5.65. The molecular formula is C35H42N6O9. The highest BCUT2D eigenvalue weighted by Gasteiger charge is 2.32. The predicted octanol–water partition coefficient (Wildman–Crippen LogP) is -0.400. The van der Waals surface area contributed by atoms with Crippen molar-refractivity contribution >= 4 is 35.5 Å². The maximum atomic E-state index is 14.0. The van der Waals surface area contributed by atoms with Gasteiger partial charge in [0.15, 0.2) is 0 Å². The van der Waals surface area contributed by atoms with Crippen molar-refractivity contribution < 1.29 is 44.1 Å². The Labute approximate surface area is 288 Å². The van der Waals surface area contributed by atoms with Gasteiger partial charge < -0.3 is 48.1 Å². The second kappa shape index (κ2) is 18.0. The average Bonchev–Trinajstić information content (AvgIpc) is 3.06. The molecule has 0 aliphatic rings. The van der Waals surface area contributed by atoms with E-state index in [2.05, 4.69) is 21.3 Å². The number of phenols is 2. The van der Waals surface area contributed by atoms with Crippen LogP contribution < -0.4 is 32.7 Å². The molecule has 15 heteroatoms. The number of phenolic OH excluding ortho intramolecular Hbond substituents is 2. The van der Waals surface area contributed by atoms with Crippen LogP contribution in [0.15, 0.2) is 66.7 Å². The monoisotopic (exact) mass is 690 g/mol. The van der Waals surface area contributed by atoms with E-state index in [0.717, 1.165) is 5.56 Å². The van der Waals surface area contributed by atoms with Gasteiger partial charge in [-0.1, -0.05) is 54.6 Å². The van der Waals surface area contributed by atoms with Crippen LogP contribution in [-0.2, 0) is 48.0 Å². The van der Waals surface area contributed by atoms with E-state index in [4.69, 9.17) is 11.5 Å². The molecule has 0 fully saturated rings. The SMILES string of the molecule is Cc1cc(CC(NC(=O)C(CC(=O)O)NC(=O)CN)C(=O)NC(Cc2ccc(O)cc2)C(=O)NC(Cc2ccccc2)C(N)=O)cc(C)c1O. The molecule has 5 amide bonds.